The number of aromatic nitrogens is 1. The Morgan fingerprint density at radius 2 is 2.06 bits per heavy atom. The topological polar surface area (TPSA) is 34.1 Å². The molecule has 0 spiro atoms. The average molecular weight is 263 g/mol. The third-order valence-electron chi connectivity index (χ3n) is 3.51. The summed E-state index contributed by atoms with van der Waals surface area (Å²) in [7, 11) is 0. The van der Waals surface area contributed by atoms with E-state index in [1.807, 2.05) is 0 Å². The van der Waals surface area contributed by atoms with Crippen LogP contribution in [0.15, 0.2) is 12.3 Å². The van der Waals surface area contributed by atoms with Crippen LogP contribution in [0.5, 0.6) is 5.75 Å². The maximum atomic E-state index is 13.2. The monoisotopic (exact) mass is 262 g/mol. The van der Waals surface area contributed by atoms with Crippen LogP contribution in [0.2, 0.25) is 0 Å². The summed E-state index contributed by atoms with van der Waals surface area (Å²) in [6.45, 7) is 2.51. The highest BCUT2D eigenvalue weighted by Gasteiger charge is 2.53. The van der Waals surface area contributed by atoms with Gasteiger partial charge >= 0.3 is 0 Å². The minimum atomic E-state index is -1.10. The van der Waals surface area contributed by atoms with E-state index in [1.54, 1.807) is 0 Å². The molecule has 17 heavy (non-hydrogen) atoms. The van der Waals surface area contributed by atoms with Gasteiger partial charge in [0.25, 0.3) is 5.95 Å². The predicted octanol–water partition coefficient (Wildman–Crippen LogP) is 1.63. The lowest BCUT2D eigenvalue weighted by molar-refractivity contribution is 0.262. The summed E-state index contributed by atoms with van der Waals surface area (Å²) in [5.74, 6) is -0.312. The summed E-state index contributed by atoms with van der Waals surface area (Å²) >= 11 is 0. The van der Waals surface area contributed by atoms with Crippen LogP contribution < -0.4 is 10.1 Å². The van der Waals surface area contributed by atoms with Gasteiger partial charge in [-0.1, -0.05) is 0 Å². The molecular formula is C11H13ClF2N2O. The quantitative estimate of drug-likeness (QED) is 0.841. The molecule has 1 saturated heterocycles. The first-order valence-corrected chi connectivity index (χ1v) is 5.41. The van der Waals surface area contributed by atoms with Gasteiger partial charge in [-0.05, 0) is 24.9 Å². The second-order valence-electron chi connectivity index (χ2n) is 4.37. The van der Waals surface area contributed by atoms with E-state index in [9.17, 15) is 8.78 Å². The van der Waals surface area contributed by atoms with Crippen molar-refractivity contribution < 1.29 is 13.5 Å². The summed E-state index contributed by atoms with van der Waals surface area (Å²) < 4.78 is 31.3. The van der Waals surface area contributed by atoms with Crippen LogP contribution >= 0.6 is 12.4 Å². The zero-order valence-corrected chi connectivity index (χ0v) is 9.84. The number of halogens is 3. The molecule has 3 atom stereocenters. The molecule has 1 aliphatic heterocycles. The second kappa shape index (κ2) is 4.74. The standard InChI is InChI=1S/C11H12F2N2O.ClH/c12-10-9(1-2-15-11(10)13)16-5-8-6-3-14-4-7(6)8;/h1-2,6-8,14H,3-5H2;1H/t6-,7+,8?;. The molecule has 0 bridgehead atoms. The van der Waals surface area contributed by atoms with E-state index in [-0.39, 0.29) is 18.2 Å². The van der Waals surface area contributed by atoms with Crippen LogP contribution in [0, 0.1) is 29.5 Å². The van der Waals surface area contributed by atoms with Gasteiger partial charge in [-0.15, -0.1) is 12.4 Å². The number of fused-ring (bicyclic) bond motifs is 1. The molecule has 3 nitrogen and oxygen atoms in total. The minimum absolute atomic E-state index is 0. The fraction of sp³-hybridized carbons (Fsp3) is 0.545. The van der Waals surface area contributed by atoms with Crippen molar-refractivity contribution in [1.82, 2.24) is 10.3 Å². The van der Waals surface area contributed by atoms with Crippen molar-refractivity contribution in [1.29, 1.82) is 0 Å². The maximum absolute atomic E-state index is 13.2. The van der Waals surface area contributed by atoms with E-state index in [0.29, 0.717) is 24.4 Å². The number of piperidine rings is 1. The van der Waals surface area contributed by atoms with E-state index in [0.717, 1.165) is 13.1 Å². The van der Waals surface area contributed by atoms with E-state index < -0.39 is 11.8 Å². The Bertz CT molecular complexity index is 408. The predicted molar refractivity (Wildman–Crippen MR) is 60.2 cm³/mol. The highest BCUT2D eigenvalue weighted by Crippen LogP contribution is 2.48. The number of rotatable bonds is 3. The molecule has 0 aromatic carbocycles. The fourth-order valence-corrected chi connectivity index (χ4v) is 2.49. The number of pyridine rings is 1. The van der Waals surface area contributed by atoms with Crippen LogP contribution in [0.1, 0.15) is 0 Å². The van der Waals surface area contributed by atoms with Crippen LogP contribution in [0.3, 0.4) is 0 Å². The molecule has 6 heteroatoms. The van der Waals surface area contributed by atoms with Gasteiger partial charge in [0.1, 0.15) is 0 Å². The molecule has 1 aliphatic carbocycles. The van der Waals surface area contributed by atoms with Crippen molar-refractivity contribution in [2.24, 2.45) is 17.8 Å². The first kappa shape index (κ1) is 12.5. The maximum Gasteiger partial charge on any atom is 0.252 e. The third-order valence-corrected chi connectivity index (χ3v) is 3.51. The van der Waals surface area contributed by atoms with E-state index in [2.05, 4.69) is 10.3 Å². The molecular weight excluding hydrogens is 250 g/mol. The second-order valence-corrected chi connectivity index (χ2v) is 4.37. The molecule has 0 radical (unpaired) electrons. The lowest BCUT2D eigenvalue weighted by Gasteiger charge is -2.08. The van der Waals surface area contributed by atoms with Crippen molar-refractivity contribution in [2.75, 3.05) is 19.7 Å². The number of hydrogen-bond acceptors (Lipinski definition) is 3. The van der Waals surface area contributed by atoms with Crippen molar-refractivity contribution >= 4 is 12.4 Å². The van der Waals surface area contributed by atoms with Gasteiger partial charge in [0, 0.05) is 18.2 Å². The zero-order valence-electron chi connectivity index (χ0n) is 9.03. The lowest BCUT2D eigenvalue weighted by atomic mass is 10.3. The molecule has 1 unspecified atom stereocenters. The molecule has 94 valence electrons. The van der Waals surface area contributed by atoms with Gasteiger partial charge in [-0.25, -0.2) is 4.98 Å². The van der Waals surface area contributed by atoms with E-state index in [1.165, 1.54) is 12.3 Å². The first-order chi connectivity index (χ1) is 7.77. The van der Waals surface area contributed by atoms with Gasteiger partial charge in [0.05, 0.1) is 6.61 Å². The van der Waals surface area contributed by atoms with Crippen LogP contribution in [-0.4, -0.2) is 24.7 Å². The van der Waals surface area contributed by atoms with Crippen molar-refractivity contribution in [3.8, 4) is 5.75 Å². The van der Waals surface area contributed by atoms with Gasteiger partial charge in [-0.2, -0.15) is 8.78 Å². The average Bonchev–Trinajstić information content (AvgIpc) is 2.73. The summed E-state index contributed by atoms with van der Waals surface area (Å²) in [6.07, 6.45) is 1.21. The van der Waals surface area contributed by atoms with Gasteiger partial charge < -0.3 is 10.1 Å². The van der Waals surface area contributed by atoms with Crippen molar-refractivity contribution in [2.45, 2.75) is 0 Å². The Morgan fingerprint density at radius 3 is 2.76 bits per heavy atom. The molecule has 2 aliphatic rings. The van der Waals surface area contributed by atoms with Crippen LogP contribution in [-0.2, 0) is 0 Å². The number of nitrogens with one attached hydrogen (secondary N) is 1. The highest BCUT2D eigenvalue weighted by molar-refractivity contribution is 5.85. The first-order valence-electron chi connectivity index (χ1n) is 5.41. The zero-order chi connectivity index (χ0) is 11.1. The minimum Gasteiger partial charge on any atom is -0.490 e. The number of ether oxygens (including phenoxy) is 1. The Kier molecular flexibility index (Phi) is 3.49. The largest absolute Gasteiger partial charge is 0.490 e. The Morgan fingerprint density at radius 1 is 1.35 bits per heavy atom. The third kappa shape index (κ3) is 2.21. The van der Waals surface area contributed by atoms with Gasteiger partial charge in [0.2, 0.25) is 5.82 Å². The molecule has 1 saturated carbocycles. The van der Waals surface area contributed by atoms with Crippen LogP contribution in [0.25, 0.3) is 0 Å². The van der Waals surface area contributed by atoms with Gasteiger partial charge in [0.15, 0.2) is 5.75 Å². The lowest BCUT2D eigenvalue weighted by Crippen LogP contribution is -2.18. The summed E-state index contributed by atoms with van der Waals surface area (Å²) in [5, 5.41) is 3.27. The van der Waals surface area contributed by atoms with Crippen molar-refractivity contribution in [3.63, 3.8) is 0 Å². The Balaban J connectivity index is 0.00000108. The molecule has 3 rings (SSSR count). The number of hydrogen-bond donors (Lipinski definition) is 1. The Hall–Kier alpha value is -0.940. The summed E-state index contributed by atoms with van der Waals surface area (Å²) in [5.41, 5.74) is 0. The molecule has 0 amide bonds. The molecule has 1 N–H and O–H groups in total. The SMILES string of the molecule is Cl.Fc1nccc(OCC2[C@H]3CNC[C@@H]23)c1F. The molecule has 2 heterocycles. The highest BCUT2D eigenvalue weighted by atomic mass is 35.5. The van der Waals surface area contributed by atoms with E-state index >= 15 is 0 Å². The summed E-state index contributed by atoms with van der Waals surface area (Å²) in [4.78, 5) is 3.21. The molecule has 2 fully saturated rings. The fourth-order valence-electron chi connectivity index (χ4n) is 2.49. The smallest absolute Gasteiger partial charge is 0.252 e. The van der Waals surface area contributed by atoms with Gasteiger partial charge in [-0.3, -0.25) is 0 Å². The van der Waals surface area contributed by atoms with E-state index in [4.69, 9.17) is 4.74 Å². The Labute approximate surface area is 104 Å². The normalized spacial score (nSPS) is 29.4. The van der Waals surface area contributed by atoms with Crippen molar-refractivity contribution in [3.05, 3.63) is 24.0 Å². The van der Waals surface area contributed by atoms with Crippen LogP contribution in [0.4, 0.5) is 8.78 Å². The summed E-state index contributed by atoms with van der Waals surface area (Å²) in [6, 6.07) is 1.36. The molecule has 1 aromatic rings. The molecule has 1 aromatic heterocycles. The number of nitrogens with zero attached hydrogens (tertiary/aromatic N) is 1.